The molecule has 2 N–H and O–H groups in total. The first-order valence-corrected chi connectivity index (χ1v) is 4.62. The van der Waals surface area contributed by atoms with Gasteiger partial charge in [0, 0.05) is 6.54 Å². The van der Waals surface area contributed by atoms with Crippen LogP contribution < -0.4 is 10.0 Å². The van der Waals surface area contributed by atoms with E-state index in [0.29, 0.717) is 0 Å². The minimum absolute atomic E-state index is 0.873. The molecule has 1 atom stereocenters. The van der Waals surface area contributed by atoms with Gasteiger partial charge in [-0.25, -0.2) is 0 Å². The summed E-state index contributed by atoms with van der Waals surface area (Å²) in [4.78, 5) is 0. The third-order valence-electron chi connectivity index (χ3n) is 1.68. The van der Waals surface area contributed by atoms with Gasteiger partial charge < -0.3 is 5.32 Å². The van der Waals surface area contributed by atoms with Gasteiger partial charge in [-0.1, -0.05) is 11.9 Å². The molecule has 0 aliphatic carbocycles. The molecule has 0 saturated carbocycles. The van der Waals surface area contributed by atoms with Crippen LogP contribution >= 0.6 is 11.9 Å². The van der Waals surface area contributed by atoms with Crippen LogP contribution in [0.4, 0.5) is 0 Å². The lowest BCUT2D eigenvalue weighted by atomic mass is 10.1. The molecule has 1 aliphatic heterocycles. The van der Waals surface area contributed by atoms with Crippen molar-refractivity contribution >= 4 is 11.9 Å². The zero-order valence-corrected chi connectivity index (χ0v) is 6.63. The first kappa shape index (κ1) is 7.38. The Kier molecular flexibility index (Phi) is 3.40. The Bertz CT molecular complexity index is 71.5. The molecule has 2 nitrogen and oxygen atoms in total. The summed E-state index contributed by atoms with van der Waals surface area (Å²) in [6.45, 7) is 3.57. The first-order valence-electron chi connectivity index (χ1n) is 3.40. The van der Waals surface area contributed by atoms with Crippen LogP contribution in [-0.4, -0.2) is 25.9 Å². The highest BCUT2D eigenvalue weighted by Crippen LogP contribution is 2.05. The molecule has 1 heterocycles. The van der Waals surface area contributed by atoms with Gasteiger partial charge in [0.2, 0.25) is 0 Å². The molecular formula is C6H14N2S. The standard InChI is InChI=1S/C6H14N2S/c1-9-8-5-6-2-3-7-4-6/h6-8H,2-5H2,1H3. The maximum Gasteiger partial charge on any atom is 0.00993 e. The fraction of sp³-hybridized carbons (Fsp3) is 1.00. The van der Waals surface area contributed by atoms with Crippen LogP contribution in [0, 0.1) is 5.92 Å². The predicted octanol–water partition coefficient (Wildman–Crippen LogP) is 0.463. The molecule has 0 spiro atoms. The maximum absolute atomic E-state index is 3.33. The molecule has 0 radical (unpaired) electrons. The second-order valence-electron chi connectivity index (χ2n) is 2.41. The van der Waals surface area contributed by atoms with Gasteiger partial charge in [0.1, 0.15) is 0 Å². The van der Waals surface area contributed by atoms with Gasteiger partial charge in [0.05, 0.1) is 0 Å². The van der Waals surface area contributed by atoms with Crippen molar-refractivity contribution in [2.45, 2.75) is 6.42 Å². The van der Waals surface area contributed by atoms with Gasteiger partial charge in [-0.3, -0.25) is 4.72 Å². The predicted molar refractivity (Wildman–Crippen MR) is 42.5 cm³/mol. The fourth-order valence-electron chi connectivity index (χ4n) is 1.09. The van der Waals surface area contributed by atoms with Crippen LogP contribution in [-0.2, 0) is 0 Å². The summed E-state index contributed by atoms with van der Waals surface area (Å²) in [5.74, 6) is 0.873. The minimum atomic E-state index is 0.873. The SMILES string of the molecule is CSNCC1CCNC1. The molecule has 0 aromatic rings. The number of rotatable bonds is 3. The number of nitrogens with one attached hydrogen (secondary N) is 2. The Hall–Kier alpha value is 0.270. The molecule has 1 aliphatic rings. The molecule has 1 unspecified atom stereocenters. The molecule has 1 rings (SSSR count). The summed E-state index contributed by atoms with van der Waals surface area (Å²) in [7, 11) is 0. The van der Waals surface area contributed by atoms with E-state index in [1.165, 1.54) is 19.5 Å². The third-order valence-corrected chi connectivity index (χ3v) is 2.13. The van der Waals surface area contributed by atoms with E-state index in [0.717, 1.165) is 12.5 Å². The average Bonchev–Trinajstić information content (AvgIpc) is 2.34. The van der Waals surface area contributed by atoms with Gasteiger partial charge >= 0.3 is 0 Å². The summed E-state index contributed by atoms with van der Waals surface area (Å²) in [5.41, 5.74) is 0. The molecule has 0 aromatic heterocycles. The zero-order chi connectivity index (χ0) is 6.53. The Labute approximate surface area is 60.9 Å². The molecule has 1 fully saturated rings. The van der Waals surface area contributed by atoms with Crippen molar-refractivity contribution in [3.63, 3.8) is 0 Å². The fourth-order valence-corrected chi connectivity index (χ4v) is 1.49. The third kappa shape index (κ3) is 2.56. The van der Waals surface area contributed by atoms with Crippen LogP contribution in [0.3, 0.4) is 0 Å². The summed E-state index contributed by atoms with van der Waals surface area (Å²) in [6, 6.07) is 0. The van der Waals surface area contributed by atoms with Crippen molar-refractivity contribution in [3.05, 3.63) is 0 Å². The molecule has 0 amide bonds. The van der Waals surface area contributed by atoms with Crippen LogP contribution in [0.5, 0.6) is 0 Å². The zero-order valence-electron chi connectivity index (χ0n) is 5.81. The number of hydrogen-bond acceptors (Lipinski definition) is 3. The minimum Gasteiger partial charge on any atom is -0.316 e. The molecule has 1 saturated heterocycles. The van der Waals surface area contributed by atoms with Crippen molar-refractivity contribution in [3.8, 4) is 0 Å². The van der Waals surface area contributed by atoms with E-state index >= 15 is 0 Å². The van der Waals surface area contributed by atoms with Gasteiger partial charge in [-0.05, 0) is 31.7 Å². The van der Waals surface area contributed by atoms with Crippen molar-refractivity contribution < 1.29 is 0 Å². The molecule has 0 aromatic carbocycles. The van der Waals surface area contributed by atoms with Crippen LogP contribution in [0.1, 0.15) is 6.42 Å². The molecule has 0 bridgehead atoms. The molecular weight excluding hydrogens is 132 g/mol. The van der Waals surface area contributed by atoms with Crippen molar-refractivity contribution in [2.75, 3.05) is 25.9 Å². The van der Waals surface area contributed by atoms with Crippen LogP contribution in [0.15, 0.2) is 0 Å². The summed E-state index contributed by atoms with van der Waals surface area (Å²) in [6.07, 6.45) is 3.41. The summed E-state index contributed by atoms with van der Waals surface area (Å²) >= 11 is 1.71. The van der Waals surface area contributed by atoms with Gasteiger partial charge in [0.15, 0.2) is 0 Å². The Morgan fingerprint density at radius 1 is 1.78 bits per heavy atom. The molecule has 9 heavy (non-hydrogen) atoms. The smallest absolute Gasteiger partial charge is 0.00993 e. The van der Waals surface area contributed by atoms with Crippen molar-refractivity contribution in [1.82, 2.24) is 10.0 Å². The van der Waals surface area contributed by atoms with E-state index < -0.39 is 0 Å². The molecule has 54 valence electrons. The van der Waals surface area contributed by atoms with E-state index in [-0.39, 0.29) is 0 Å². The summed E-state index contributed by atoms with van der Waals surface area (Å²) < 4.78 is 3.27. The first-order chi connectivity index (χ1) is 4.43. The monoisotopic (exact) mass is 146 g/mol. The maximum atomic E-state index is 3.33. The largest absolute Gasteiger partial charge is 0.316 e. The van der Waals surface area contributed by atoms with E-state index in [4.69, 9.17) is 0 Å². The Balaban J connectivity index is 1.98. The highest BCUT2D eigenvalue weighted by Gasteiger charge is 2.12. The lowest BCUT2D eigenvalue weighted by molar-refractivity contribution is 0.578. The Morgan fingerprint density at radius 3 is 3.22 bits per heavy atom. The van der Waals surface area contributed by atoms with Crippen molar-refractivity contribution in [2.24, 2.45) is 5.92 Å². The van der Waals surface area contributed by atoms with Gasteiger partial charge in [0.25, 0.3) is 0 Å². The second-order valence-corrected chi connectivity index (χ2v) is 3.11. The Morgan fingerprint density at radius 2 is 2.67 bits per heavy atom. The number of hydrogen-bond donors (Lipinski definition) is 2. The normalized spacial score (nSPS) is 27.0. The van der Waals surface area contributed by atoms with E-state index in [1.54, 1.807) is 11.9 Å². The topological polar surface area (TPSA) is 24.1 Å². The molecule has 3 heteroatoms. The highest BCUT2D eigenvalue weighted by molar-refractivity contribution is 7.96. The quantitative estimate of drug-likeness (QED) is 0.566. The van der Waals surface area contributed by atoms with E-state index in [9.17, 15) is 0 Å². The van der Waals surface area contributed by atoms with Gasteiger partial charge in [-0.15, -0.1) is 0 Å². The van der Waals surface area contributed by atoms with E-state index in [2.05, 4.69) is 16.3 Å². The van der Waals surface area contributed by atoms with Gasteiger partial charge in [-0.2, -0.15) is 0 Å². The van der Waals surface area contributed by atoms with Crippen LogP contribution in [0.25, 0.3) is 0 Å². The summed E-state index contributed by atoms with van der Waals surface area (Å²) in [5, 5.41) is 3.33. The highest BCUT2D eigenvalue weighted by atomic mass is 32.2. The lowest BCUT2D eigenvalue weighted by Gasteiger charge is -2.05. The average molecular weight is 146 g/mol. The lowest BCUT2D eigenvalue weighted by Crippen LogP contribution is -2.18. The van der Waals surface area contributed by atoms with Crippen molar-refractivity contribution in [1.29, 1.82) is 0 Å². The van der Waals surface area contributed by atoms with E-state index in [1.807, 2.05) is 0 Å². The second kappa shape index (κ2) is 4.14. The van der Waals surface area contributed by atoms with Crippen LogP contribution in [0.2, 0.25) is 0 Å².